The number of carbonyl (C=O) groups excluding carboxylic acids is 3. The highest BCUT2D eigenvalue weighted by Gasteiger charge is 2.36. The molecule has 0 spiro atoms. The molecular formula is C25H21N3O6S. The summed E-state index contributed by atoms with van der Waals surface area (Å²) in [6.45, 7) is 0. The van der Waals surface area contributed by atoms with Crippen molar-refractivity contribution in [1.29, 1.82) is 0 Å². The molecule has 9 nitrogen and oxygen atoms in total. The van der Waals surface area contributed by atoms with Gasteiger partial charge in [0, 0.05) is 11.3 Å². The van der Waals surface area contributed by atoms with Crippen LogP contribution in [0.4, 0.5) is 11.4 Å². The molecule has 0 atom stereocenters. The van der Waals surface area contributed by atoms with Crippen molar-refractivity contribution in [2.75, 3.05) is 31.5 Å². The zero-order chi connectivity index (χ0) is 25.1. The summed E-state index contributed by atoms with van der Waals surface area (Å²) in [5.41, 5.74) is 1.98. The van der Waals surface area contributed by atoms with Crippen LogP contribution in [0.3, 0.4) is 0 Å². The number of hydrogen-bond acceptors (Lipinski definition) is 7. The molecule has 3 aromatic carbocycles. The Morgan fingerprint density at radius 2 is 1.37 bits per heavy atom. The first-order chi connectivity index (χ1) is 16.9. The topological polar surface area (TPSA) is 106 Å². The number of anilines is 2. The third-order valence-corrected chi connectivity index (χ3v) is 5.54. The zero-order valence-electron chi connectivity index (χ0n) is 19.1. The van der Waals surface area contributed by atoms with E-state index in [4.69, 9.17) is 26.4 Å². The maximum Gasteiger partial charge on any atom is 0.266 e. The van der Waals surface area contributed by atoms with Gasteiger partial charge in [-0.25, -0.2) is 4.90 Å². The molecule has 0 saturated carbocycles. The van der Waals surface area contributed by atoms with Gasteiger partial charge in [-0.15, -0.1) is 0 Å². The molecule has 0 unspecified atom stereocenters. The summed E-state index contributed by atoms with van der Waals surface area (Å²) in [5, 5.41) is 5.55. The number of imide groups is 1. The minimum Gasteiger partial charge on any atom is -0.493 e. The molecule has 1 aliphatic heterocycles. The van der Waals surface area contributed by atoms with Gasteiger partial charge in [-0.05, 0) is 60.7 Å². The zero-order valence-corrected chi connectivity index (χ0v) is 19.9. The van der Waals surface area contributed by atoms with Crippen molar-refractivity contribution in [3.8, 4) is 17.2 Å². The monoisotopic (exact) mass is 491 g/mol. The lowest BCUT2D eigenvalue weighted by Crippen LogP contribution is -2.34. The van der Waals surface area contributed by atoms with E-state index in [-0.39, 0.29) is 22.5 Å². The van der Waals surface area contributed by atoms with E-state index in [1.165, 1.54) is 33.5 Å². The summed E-state index contributed by atoms with van der Waals surface area (Å²) < 4.78 is 15.8. The Morgan fingerprint density at radius 1 is 0.829 bits per heavy atom. The van der Waals surface area contributed by atoms with Crippen molar-refractivity contribution in [2.24, 2.45) is 0 Å². The van der Waals surface area contributed by atoms with Crippen molar-refractivity contribution in [3.05, 3.63) is 77.4 Å². The molecule has 0 radical (unpaired) electrons. The van der Waals surface area contributed by atoms with E-state index in [0.717, 1.165) is 4.90 Å². The van der Waals surface area contributed by atoms with Crippen molar-refractivity contribution in [2.45, 2.75) is 0 Å². The molecule has 3 amide bonds. The minimum absolute atomic E-state index is 0.0530. The van der Waals surface area contributed by atoms with E-state index in [1.807, 2.05) is 0 Å². The van der Waals surface area contributed by atoms with Crippen molar-refractivity contribution >= 4 is 46.4 Å². The number of thiocarbonyl (C=S) groups is 1. The summed E-state index contributed by atoms with van der Waals surface area (Å²) in [4.78, 5) is 39.1. The van der Waals surface area contributed by atoms with E-state index in [9.17, 15) is 14.4 Å². The summed E-state index contributed by atoms with van der Waals surface area (Å²) in [6, 6.07) is 16.2. The largest absolute Gasteiger partial charge is 0.493 e. The predicted octanol–water partition coefficient (Wildman–Crippen LogP) is 3.64. The van der Waals surface area contributed by atoms with Gasteiger partial charge in [0.05, 0.1) is 38.1 Å². The van der Waals surface area contributed by atoms with Gasteiger partial charge in [-0.3, -0.25) is 19.7 Å². The molecule has 35 heavy (non-hydrogen) atoms. The molecule has 1 heterocycles. The average Bonchev–Trinajstić information content (AvgIpc) is 3.13. The number of nitrogens with zero attached hydrogens (tertiary/aromatic N) is 1. The smallest absolute Gasteiger partial charge is 0.266 e. The predicted molar refractivity (Wildman–Crippen MR) is 134 cm³/mol. The van der Waals surface area contributed by atoms with Crippen LogP contribution >= 0.6 is 12.2 Å². The number of ether oxygens (including phenoxy) is 3. The van der Waals surface area contributed by atoms with Gasteiger partial charge in [-0.2, -0.15) is 0 Å². The summed E-state index contributed by atoms with van der Waals surface area (Å²) in [7, 11) is 4.38. The number of rotatable bonds is 6. The van der Waals surface area contributed by atoms with Gasteiger partial charge in [0.15, 0.2) is 16.6 Å². The molecular weight excluding hydrogens is 470 g/mol. The Labute approximate surface area is 206 Å². The normalized spacial score (nSPS) is 12.1. The molecule has 0 bridgehead atoms. The fourth-order valence-electron chi connectivity index (χ4n) is 3.67. The Morgan fingerprint density at radius 3 is 1.86 bits per heavy atom. The number of carbonyl (C=O) groups is 3. The second-order valence-electron chi connectivity index (χ2n) is 7.36. The molecule has 0 aliphatic carbocycles. The van der Waals surface area contributed by atoms with E-state index in [1.54, 1.807) is 48.5 Å². The molecule has 10 heteroatoms. The molecule has 0 aromatic heterocycles. The van der Waals surface area contributed by atoms with E-state index >= 15 is 0 Å². The number of nitrogens with one attached hydrogen (secondary N) is 2. The lowest BCUT2D eigenvalue weighted by atomic mass is 10.1. The van der Waals surface area contributed by atoms with Gasteiger partial charge in [0.2, 0.25) is 5.75 Å². The molecule has 178 valence electrons. The van der Waals surface area contributed by atoms with Crippen LogP contribution in [-0.2, 0) is 0 Å². The average molecular weight is 492 g/mol. The third-order valence-electron chi connectivity index (χ3n) is 5.33. The molecule has 2 N–H and O–H groups in total. The van der Waals surface area contributed by atoms with Crippen LogP contribution in [0.2, 0.25) is 0 Å². The van der Waals surface area contributed by atoms with Gasteiger partial charge >= 0.3 is 0 Å². The second kappa shape index (κ2) is 9.82. The minimum atomic E-state index is -0.482. The van der Waals surface area contributed by atoms with Crippen LogP contribution in [0.15, 0.2) is 60.7 Å². The highest BCUT2D eigenvalue weighted by atomic mass is 32.1. The first-order valence-electron chi connectivity index (χ1n) is 10.4. The van der Waals surface area contributed by atoms with Crippen molar-refractivity contribution in [1.82, 2.24) is 5.32 Å². The van der Waals surface area contributed by atoms with E-state index in [0.29, 0.717) is 39.8 Å². The fourth-order valence-corrected chi connectivity index (χ4v) is 3.88. The van der Waals surface area contributed by atoms with Crippen molar-refractivity contribution in [3.63, 3.8) is 0 Å². The lowest BCUT2D eigenvalue weighted by molar-refractivity contribution is 0.0923. The number of fused-ring (bicyclic) bond motifs is 1. The SMILES string of the molecule is COc1cc(C(=O)NC(=S)Nc2ccc(N3C(=O)c4ccccc4C3=O)cc2)cc(OC)c1OC. The number of methoxy groups -OCH3 is 3. The molecule has 0 fully saturated rings. The van der Waals surface area contributed by atoms with Crippen LogP contribution in [0, 0.1) is 0 Å². The highest BCUT2D eigenvalue weighted by molar-refractivity contribution is 7.80. The number of benzene rings is 3. The summed E-state index contributed by atoms with van der Waals surface area (Å²) in [6.07, 6.45) is 0. The van der Waals surface area contributed by atoms with Gasteiger partial charge in [0.1, 0.15) is 0 Å². The highest BCUT2D eigenvalue weighted by Crippen LogP contribution is 2.38. The molecule has 1 aliphatic rings. The van der Waals surface area contributed by atoms with Crippen LogP contribution in [0.5, 0.6) is 17.2 Å². The third kappa shape index (κ3) is 4.51. The van der Waals surface area contributed by atoms with Crippen LogP contribution < -0.4 is 29.7 Å². The molecule has 3 aromatic rings. The summed E-state index contributed by atoms with van der Waals surface area (Å²) in [5.74, 6) is -0.201. The van der Waals surface area contributed by atoms with Gasteiger partial charge in [-0.1, -0.05) is 12.1 Å². The Kier molecular flexibility index (Phi) is 6.65. The Hall–Kier alpha value is -4.44. The number of amides is 3. The standard InChI is InChI=1S/C25H21N3O6S/c1-32-19-12-14(13-20(33-2)21(19)34-3)22(29)27-25(35)26-15-8-10-16(11-9-15)28-23(30)17-6-4-5-7-18(17)24(28)31/h4-13H,1-3H3,(H2,26,27,29,35). The lowest BCUT2D eigenvalue weighted by Gasteiger charge is -2.16. The van der Waals surface area contributed by atoms with Gasteiger partial charge in [0.25, 0.3) is 17.7 Å². The first-order valence-corrected chi connectivity index (χ1v) is 10.8. The first kappa shape index (κ1) is 23.7. The summed E-state index contributed by atoms with van der Waals surface area (Å²) >= 11 is 5.26. The van der Waals surface area contributed by atoms with E-state index in [2.05, 4.69) is 10.6 Å². The van der Waals surface area contributed by atoms with Gasteiger partial charge < -0.3 is 19.5 Å². The maximum atomic E-state index is 12.7. The maximum absolute atomic E-state index is 12.7. The van der Waals surface area contributed by atoms with Crippen molar-refractivity contribution < 1.29 is 28.6 Å². The fraction of sp³-hybridized carbons (Fsp3) is 0.120. The molecule has 0 saturated heterocycles. The Bertz CT molecular complexity index is 1280. The van der Waals surface area contributed by atoms with Crippen LogP contribution in [-0.4, -0.2) is 44.2 Å². The Balaban J connectivity index is 1.44. The number of hydrogen-bond donors (Lipinski definition) is 2. The second-order valence-corrected chi connectivity index (χ2v) is 7.77. The van der Waals surface area contributed by atoms with E-state index < -0.39 is 5.91 Å². The quantitative estimate of drug-likeness (QED) is 0.398. The van der Waals surface area contributed by atoms with Crippen LogP contribution in [0.25, 0.3) is 0 Å². The van der Waals surface area contributed by atoms with Crippen LogP contribution in [0.1, 0.15) is 31.1 Å². The molecule has 4 rings (SSSR count).